The minimum atomic E-state index is -0.682. The summed E-state index contributed by atoms with van der Waals surface area (Å²) in [5, 5.41) is 9.21. The van der Waals surface area contributed by atoms with Crippen molar-refractivity contribution in [1.29, 1.82) is 0 Å². The smallest absolute Gasteiger partial charge is 0.335 e. The van der Waals surface area contributed by atoms with Crippen molar-refractivity contribution in [2.45, 2.75) is 95.8 Å². The third kappa shape index (κ3) is 10.9. The highest BCUT2D eigenvalue weighted by Gasteiger charge is 2.31. The van der Waals surface area contributed by atoms with E-state index in [2.05, 4.69) is 44.3 Å². The van der Waals surface area contributed by atoms with Gasteiger partial charge >= 0.3 is 11.9 Å². The van der Waals surface area contributed by atoms with Crippen LogP contribution in [-0.2, 0) is 23.8 Å². The number of methoxy groups -OCH3 is 1. The van der Waals surface area contributed by atoms with Crippen molar-refractivity contribution in [3.8, 4) is 11.1 Å². The lowest BCUT2D eigenvalue weighted by Gasteiger charge is -2.38. The fourth-order valence-electron chi connectivity index (χ4n) is 7.55. The first kappa shape index (κ1) is 36.6. The molecule has 6 heteroatoms. The minimum absolute atomic E-state index is 0.00293. The molecule has 0 bridgehead atoms. The zero-order chi connectivity index (χ0) is 33.6. The summed E-state index contributed by atoms with van der Waals surface area (Å²) in [5.74, 6) is 1.88. The van der Waals surface area contributed by atoms with Gasteiger partial charge in [0.05, 0.1) is 30.3 Å². The lowest BCUT2D eigenvalue weighted by atomic mass is 9.68. The molecule has 1 N–H and O–H groups in total. The normalized spacial score (nSPS) is 21.9. The van der Waals surface area contributed by atoms with Crippen molar-refractivity contribution in [3.63, 3.8) is 0 Å². The van der Waals surface area contributed by atoms with Gasteiger partial charge < -0.3 is 19.3 Å². The second-order valence-corrected chi connectivity index (χ2v) is 13.8. The Balaban J connectivity index is 1.31. The standard InChI is InChI=1S/C41H56O6/c1-5-6-7-8-31-9-11-32(12-10-31)33-13-15-34(16-14-33)35-17-19-36(20-18-35)37-21-23-38(24-22-37)39(27-46-40(43)29(2)25-42)28-47-41(44)30(3)26-45-4/h17-24,31-34,39,42H,2-3,5-16,25-28H2,1,4H3. The van der Waals surface area contributed by atoms with Gasteiger partial charge in [-0.25, -0.2) is 9.59 Å². The van der Waals surface area contributed by atoms with E-state index in [0.29, 0.717) is 5.92 Å². The third-order valence-electron chi connectivity index (χ3n) is 10.6. The predicted octanol–water partition coefficient (Wildman–Crippen LogP) is 8.94. The van der Waals surface area contributed by atoms with E-state index in [4.69, 9.17) is 14.2 Å². The number of carbonyl (C=O) groups excluding carboxylic acids is 2. The third-order valence-corrected chi connectivity index (χ3v) is 10.6. The molecule has 2 saturated carbocycles. The number of esters is 2. The molecule has 4 rings (SSSR count). The molecule has 1 unspecified atom stereocenters. The highest BCUT2D eigenvalue weighted by molar-refractivity contribution is 5.88. The molecule has 0 saturated heterocycles. The number of hydrogen-bond acceptors (Lipinski definition) is 6. The van der Waals surface area contributed by atoms with Gasteiger partial charge in [-0.15, -0.1) is 0 Å². The first-order chi connectivity index (χ1) is 22.8. The molecule has 0 aliphatic heterocycles. The highest BCUT2D eigenvalue weighted by atomic mass is 16.5. The maximum atomic E-state index is 12.3. The maximum Gasteiger partial charge on any atom is 0.335 e. The summed E-state index contributed by atoms with van der Waals surface area (Å²) >= 11 is 0. The summed E-state index contributed by atoms with van der Waals surface area (Å²) in [7, 11) is 1.48. The van der Waals surface area contributed by atoms with Crippen molar-refractivity contribution in [1.82, 2.24) is 0 Å². The molecule has 0 heterocycles. The first-order valence-electron chi connectivity index (χ1n) is 17.8. The van der Waals surface area contributed by atoms with Crippen LogP contribution >= 0.6 is 0 Å². The van der Waals surface area contributed by atoms with Crippen molar-refractivity contribution >= 4 is 11.9 Å². The van der Waals surface area contributed by atoms with Crippen molar-refractivity contribution in [2.75, 3.05) is 33.5 Å². The lowest BCUT2D eigenvalue weighted by molar-refractivity contribution is -0.143. The van der Waals surface area contributed by atoms with Crippen molar-refractivity contribution in [2.24, 2.45) is 17.8 Å². The Hall–Kier alpha value is -3.22. The molecule has 0 aromatic heterocycles. The predicted molar refractivity (Wildman–Crippen MR) is 188 cm³/mol. The monoisotopic (exact) mass is 644 g/mol. The molecule has 0 radical (unpaired) electrons. The average Bonchev–Trinajstić information content (AvgIpc) is 3.12. The summed E-state index contributed by atoms with van der Waals surface area (Å²) in [6.07, 6.45) is 16.8. The Labute approximate surface area is 282 Å². The topological polar surface area (TPSA) is 82.1 Å². The van der Waals surface area contributed by atoms with E-state index in [-0.39, 0.29) is 31.0 Å². The van der Waals surface area contributed by atoms with Crippen molar-refractivity contribution in [3.05, 3.63) is 84.0 Å². The fourth-order valence-corrected chi connectivity index (χ4v) is 7.55. The van der Waals surface area contributed by atoms with E-state index < -0.39 is 24.5 Å². The number of rotatable bonds is 17. The van der Waals surface area contributed by atoms with Gasteiger partial charge in [0.25, 0.3) is 0 Å². The molecule has 0 spiro atoms. The number of benzene rings is 2. The Bertz CT molecular complexity index is 1280. The zero-order valence-electron chi connectivity index (χ0n) is 28.7. The lowest BCUT2D eigenvalue weighted by Crippen LogP contribution is -2.25. The van der Waals surface area contributed by atoms with Gasteiger partial charge in [-0.05, 0) is 84.5 Å². The van der Waals surface area contributed by atoms with Crippen LogP contribution in [0.1, 0.15) is 107 Å². The fraction of sp³-hybridized carbons (Fsp3) is 0.561. The van der Waals surface area contributed by atoms with Crippen LogP contribution in [0.2, 0.25) is 0 Å². The first-order valence-corrected chi connectivity index (χ1v) is 17.8. The van der Waals surface area contributed by atoms with E-state index in [1.165, 1.54) is 89.7 Å². The van der Waals surface area contributed by atoms with Gasteiger partial charge in [0.15, 0.2) is 0 Å². The van der Waals surface area contributed by atoms with Gasteiger partial charge in [-0.1, -0.05) is 107 Å². The van der Waals surface area contributed by atoms with Crippen LogP contribution in [0.3, 0.4) is 0 Å². The van der Waals surface area contributed by atoms with Crippen LogP contribution in [0.25, 0.3) is 11.1 Å². The quantitative estimate of drug-likeness (QED) is 0.105. The Morgan fingerprint density at radius 1 is 0.766 bits per heavy atom. The number of ether oxygens (including phenoxy) is 3. The van der Waals surface area contributed by atoms with Crippen LogP contribution in [-0.4, -0.2) is 50.6 Å². The van der Waals surface area contributed by atoms with Crippen LogP contribution in [0.15, 0.2) is 72.8 Å². The molecule has 2 aromatic carbocycles. The van der Waals surface area contributed by atoms with Gasteiger partial charge in [0.1, 0.15) is 13.2 Å². The average molecular weight is 645 g/mol. The van der Waals surface area contributed by atoms with Gasteiger partial charge in [0, 0.05) is 7.11 Å². The number of hydrogen-bond donors (Lipinski definition) is 1. The molecular formula is C41H56O6. The SMILES string of the molecule is C=C(CO)C(=O)OCC(COC(=O)C(=C)COC)c1ccc(-c2ccc(C3CCC(C4CCC(CCCCC)CC4)CC3)cc2)cc1. The van der Waals surface area contributed by atoms with Crippen LogP contribution in [0.5, 0.6) is 0 Å². The molecule has 1 atom stereocenters. The van der Waals surface area contributed by atoms with E-state index in [1.54, 1.807) is 0 Å². The molecule has 2 aliphatic carbocycles. The van der Waals surface area contributed by atoms with Gasteiger partial charge in [-0.3, -0.25) is 0 Å². The molecule has 2 fully saturated rings. The Kier molecular flexibility index (Phi) is 14.8. The maximum absolute atomic E-state index is 12.3. The van der Waals surface area contributed by atoms with Gasteiger partial charge in [-0.2, -0.15) is 0 Å². The van der Waals surface area contributed by atoms with E-state index >= 15 is 0 Å². The van der Waals surface area contributed by atoms with E-state index in [1.807, 2.05) is 24.3 Å². The van der Waals surface area contributed by atoms with Crippen molar-refractivity contribution < 1.29 is 28.9 Å². The minimum Gasteiger partial charge on any atom is -0.461 e. The molecule has 6 nitrogen and oxygen atoms in total. The molecule has 0 amide bonds. The number of aliphatic hydroxyl groups excluding tert-OH is 1. The summed E-state index contributed by atoms with van der Waals surface area (Å²) in [4.78, 5) is 24.5. The van der Waals surface area contributed by atoms with Crippen LogP contribution in [0, 0.1) is 17.8 Å². The molecular weight excluding hydrogens is 588 g/mol. The Morgan fingerprint density at radius 3 is 1.83 bits per heavy atom. The molecule has 47 heavy (non-hydrogen) atoms. The van der Waals surface area contributed by atoms with Gasteiger partial charge in [0.2, 0.25) is 0 Å². The summed E-state index contributed by atoms with van der Waals surface area (Å²) in [6, 6.07) is 17.1. The summed E-state index contributed by atoms with van der Waals surface area (Å²) in [6.45, 7) is 9.08. The molecule has 256 valence electrons. The molecule has 2 aromatic rings. The summed E-state index contributed by atoms with van der Waals surface area (Å²) < 4.78 is 15.8. The second-order valence-electron chi connectivity index (χ2n) is 13.8. The van der Waals surface area contributed by atoms with Crippen LogP contribution < -0.4 is 0 Å². The van der Waals surface area contributed by atoms with E-state index in [0.717, 1.165) is 34.4 Å². The Morgan fingerprint density at radius 2 is 1.30 bits per heavy atom. The highest BCUT2D eigenvalue weighted by Crippen LogP contribution is 2.44. The number of unbranched alkanes of at least 4 members (excludes halogenated alkanes) is 2. The number of aliphatic hydroxyl groups is 1. The van der Waals surface area contributed by atoms with E-state index in [9.17, 15) is 14.7 Å². The van der Waals surface area contributed by atoms with Crippen LogP contribution in [0.4, 0.5) is 0 Å². The molecule has 2 aliphatic rings. The second kappa shape index (κ2) is 18.9. The summed E-state index contributed by atoms with van der Waals surface area (Å²) in [5.41, 5.74) is 4.72. The zero-order valence-corrected chi connectivity index (χ0v) is 28.7. The number of carbonyl (C=O) groups is 2. The largest absolute Gasteiger partial charge is 0.461 e.